The van der Waals surface area contributed by atoms with E-state index in [9.17, 15) is 0 Å². The summed E-state index contributed by atoms with van der Waals surface area (Å²) in [5.41, 5.74) is 9.88. The fourth-order valence-corrected chi connectivity index (χ4v) is 1.49. The first-order chi connectivity index (χ1) is 5.61. The summed E-state index contributed by atoms with van der Waals surface area (Å²) in [4.78, 5) is 0. The molecule has 1 heteroatoms. The molecule has 2 N–H and O–H groups in total. The van der Waals surface area contributed by atoms with Crippen LogP contribution in [0.15, 0.2) is 18.2 Å². The molecule has 12 heavy (non-hydrogen) atoms. The molecule has 66 valence electrons. The Morgan fingerprint density at radius 1 is 1.25 bits per heavy atom. The van der Waals surface area contributed by atoms with Gasteiger partial charge in [0.15, 0.2) is 0 Å². The summed E-state index contributed by atoms with van der Waals surface area (Å²) in [7, 11) is 0. The van der Waals surface area contributed by atoms with Crippen LogP contribution < -0.4 is 5.73 Å². The Bertz CT molecular complexity index is 243. The molecular formula is C11H17N. The van der Waals surface area contributed by atoms with Crippen LogP contribution in [0.3, 0.4) is 0 Å². The average Bonchev–Trinajstić information content (AvgIpc) is 1.97. The lowest BCUT2D eigenvalue weighted by Gasteiger charge is -2.11. The molecule has 0 aliphatic heterocycles. The zero-order chi connectivity index (χ0) is 9.14. The van der Waals surface area contributed by atoms with Gasteiger partial charge < -0.3 is 5.73 Å². The number of aryl methyl sites for hydroxylation is 2. The minimum atomic E-state index is 0.254. The van der Waals surface area contributed by atoms with E-state index in [0.717, 1.165) is 6.42 Å². The van der Waals surface area contributed by atoms with E-state index in [4.69, 9.17) is 5.73 Å². The van der Waals surface area contributed by atoms with Crippen molar-refractivity contribution in [2.75, 3.05) is 0 Å². The molecule has 1 atom stereocenters. The zero-order valence-corrected chi connectivity index (χ0v) is 8.09. The Kier molecular flexibility index (Phi) is 2.88. The highest BCUT2D eigenvalue weighted by molar-refractivity contribution is 5.33. The van der Waals surface area contributed by atoms with Crippen LogP contribution >= 0.6 is 0 Å². The second kappa shape index (κ2) is 3.72. The summed E-state index contributed by atoms with van der Waals surface area (Å²) >= 11 is 0. The van der Waals surface area contributed by atoms with Crippen LogP contribution in [0.5, 0.6) is 0 Å². The second-order valence-electron chi connectivity index (χ2n) is 3.55. The Labute approximate surface area is 74.6 Å². The minimum Gasteiger partial charge on any atom is -0.328 e. The number of benzene rings is 1. The second-order valence-corrected chi connectivity index (χ2v) is 3.55. The highest BCUT2D eigenvalue weighted by atomic mass is 14.6. The van der Waals surface area contributed by atoms with Gasteiger partial charge in [0.2, 0.25) is 0 Å². The van der Waals surface area contributed by atoms with E-state index < -0.39 is 0 Å². The van der Waals surface area contributed by atoms with Gasteiger partial charge in [0.25, 0.3) is 0 Å². The Morgan fingerprint density at radius 3 is 2.17 bits per heavy atom. The first-order valence-corrected chi connectivity index (χ1v) is 4.42. The maximum atomic E-state index is 5.76. The fraction of sp³-hybridized carbons (Fsp3) is 0.455. The monoisotopic (exact) mass is 163 g/mol. The van der Waals surface area contributed by atoms with Crippen molar-refractivity contribution in [3.63, 3.8) is 0 Å². The third-order valence-corrected chi connectivity index (χ3v) is 2.17. The smallest absolute Gasteiger partial charge is 0.00511 e. The molecule has 0 aromatic heterocycles. The maximum Gasteiger partial charge on any atom is 0.00511 e. The quantitative estimate of drug-likeness (QED) is 0.710. The number of hydrogen-bond donors (Lipinski definition) is 1. The van der Waals surface area contributed by atoms with Crippen LogP contribution in [0.1, 0.15) is 23.6 Å². The molecule has 0 heterocycles. The SMILES string of the molecule is Cc1cccc(C)c1C[C@H](C)N. The fourth-order valence-electron chi connectivity index (χ4n) is 1.49. The summed E-state index contributed by atoms with van der Waals surface area (Å²) in [6, 6.07) is 6.63. The molecule has 0 saturated heterocycles. The van der Waals surface area contributed by atoms with E-state index in [0.29, 0.717) is 0 Å². The summed E-state index contributed by atoms with van der Waals surface area (Å²) in [5.74, 6) is 0. The van der Waals surface area contributed by atoms with E-state index in [2.05, 4.69) is 32.0 Å². The van der Waals surface area contributed by atoms with Gasteiger partial charge in [-0.2, -0.15) is 0 Å². The Balaban J connectivity index is 2.96. The van der Waals surface area contributed by atoms with Crippen molar-refractivity contribution in [1.82, 2.24) is 0 Å². The van der Waals surface area contributed by atoms with Crippen molar-refractivity contribution in [3.05, 3.63) is 34.9 Å². The highest BCUT2D eigenvalue weighted by Gasteiger charge is 2.03. The van der Waals surface area contributed by atoms with Crippen molar-refractivity contribution in [2.45, 2.75) is 33.2 Å². The van der Waals surface area contributed by atoms with Gasteiger partial charge in [-0.15, -0.1) is 0 Å². The molecule has 0 fully saturated rings. The van der Waals surface area contributed by atoms with E-state index in [-0.39, 0.29) is 6.04 Å². The van der Waals surface area contributed by atoms with E-state index in [1.807, 2.05) is 6.92 Å². The third-order valence-electron chi connectivity index (χ3n) is 2.17. The van der Waals surface area contributed by atoms with Crippen LogP contribution in [-0.2, 0) is 6.42 Å². The van der Waals surface area contributed by atoms with Crippen LogP contribution in [0.25, 0.3) is 0 Å². The zero-order valence-electron chi connectivity index (χ0n) is 8.09. The topological polar surface area (TPSA) is 26.0 Å². The predicted octanol–water partition coefficient (Wildman–Crippen LogP) is 2.19. The summed E-state index contributed by atoms with van der Waals surface area (Å²) in [6.45, 7) is 6.33. The Hall–Kier alpha value is -0.820. The molecule has 0 aliphatic rings. The maximum absolute atomic E-state index is 5.76. The summed E-state index contributed by atoms with van der Waals surface area (Å²) < 4.78 is 0. The normalized spacial score (nSPS) is 13.0. The molecule has 0 bridgehead atoms. The van der Waals surface area contributed by atoms with E-state index >= 15 is 0 Å². The van der Waals surface area contributed by atoms with Gasteiger partial charge in [-0.25, -0.2) is 0 Å². The lowest BCUT2D eigenvalue weighted by molar-refractivity contribution is 0.731. The molecule has 0 radical (unpaired) electrons. The molecule has 0 saturated carbocycles. The highest BCUT2D eigenvalue weighted by Crippen LogP contribution is 2.14. The van der Waals surface area contributed by atoms with Crippen molar-refractivity contribution < 1.29 is 0 Å². The van der Waals surface area contributed by atoms with Gasteiger partial charge in [0.1, 0.15) is 0 Å². The van der Waals surface area contributed by atoms with Gasteiger partial charge in [-0.1, -0.05) is 18.2 Å². The minimum absolute atomic E-state index is 0.254. The van der Waals surface area contributed by atoms with Crippen LogP contribution in [-0.4, -0.2) is 6.04 Å². The number of rotatable bonds is 2. The molecule has 0 spiro atoms. The summed E-state index contributed by atoms with van der Waals surface area (Å²) in [5, 5.41) is 0. The number of nitrogens with two attached hydrogens (primary N) is 1. The van der Waals surface area contributed by atoms with Crippen molar-refractivity contribution in [1.29, 1.82) is 0 Å². The van der Waals surface area contributed by atoms with E-state index in [1.165, 1.54) is 16.7 Å². The molecular weight excluding hydrogens is 146 g/mol. The standard InChI is InChI=1S/C11H17N/c1-8-5-4-6-9(2)11(8)7-10(3)12/h4-6,10H,7,12H2,1-3H3/t10-/m0/s1. The van der Waals surface area contributed by atoms with Crippen molar-refractivity contribution in [3.8, 4) is 0 Å². The lowest BCUT2D eigenvalue weighted by Crippen LogP contribution is -2.19. The molecule has 1 aromatic rings. The molecule has 0 aliphatic carbocycles. The molecule has 0 unspecified atom stereocenters. The van der Waals surface area contributed by atoms with Gasteiger partial charge >= 0.3 is 0 Å². The largest absolute Gasteiger partial charge is 0.328 e. The van der Waals surface area contributed by atoms with Crippen molar-refractivity contribution >= 4 is 0 Å². The van der Waals surface area contributed by atoms with Crippen LogP contribution in [0.2, 0.25) is 0 Å². The van der Waals surface area contributed by atoms with Gasteiger partial charge in [-0.3, -0.25) is 0 Å². The predicted molar refractivity (Wildman–Crippen MR) is 53.3 cm³/mol. The van der Waals surface area contributed by atoms with E-state index in [1.54, 1.807) is 0 Å². The first kappa shape index (κ1) is 9.27. The lowest BCUT2D eigenvalue weighted by atomic mass is 9.97. The Morgan fingerprint density at radius 2 is 1.75 bits per heavy atom. The van der Waals surface area contributed by atoms with Crippen LogP contribution in [0, 0.1) is 13.8 Å². The molecule has 1 aromatic carbocycles. The number of hydrogen-bond acceptors (Lipinski definition) is 1. The summed E-state index contributed by atoms with van der Waals surface area (Å²) in [6.07, 6.45) is 0.985. The van der Waals surface area contributed by atoms with Crippen molar-refractivity contribution in [2.24, 2.45) is 5.73 Å². The molecule has 0 amide bonds. The van der Waals surface area contributed by atoms with Crippen LogP contribution in [0.4, 0.5) is 0 Å². The first-order valence-electron chi connectivity index (χ1n) is 4.42. The average molecular weight is 163 g/mol. The van der Waals surface area contributed by atoms with Gasteiger partial charge in [-0.05, 0) is 43.9 Å². The molecule has 1 rings (SSSR count). The molecule has 1 nitrogen and oxygen atoms in total. The van der Waals surface area contributed by atoms with Gasteiger partial charge in [0.05, 0.1) is 0 Å². The third kappa shape index (κ3) is 2.08. The van der Waals surface area contributed by atoms with Gasteiger partial charge in [0, 0.05) is 6.04 Å².